The van der Waals surface area contributed by atoms with Gasteiger partial charge in [-0.25, -0.2) is 0 Å². The van der Waals surface area contributed by atoms with Crippen LogP contribution in [0, 0.1) is 0 Å². The van der Waals surface area contributed by atoms with Crippen LogP contribution >= 0.6 is 0 Å². The molecule has 0 aliphatic carbocycles. The Morgan fingerprint density at radius 3 is 3.00 bits per heavy atom. The van der Waals surface area contributed by atoms with E-state index in [1.807, 2.05) is 31.2 Å². The number of amides is 1. The maximum absolute atomic E-state index is 12.3. The third-order valence-corrected chi connectivity index (χ3v) is 2.87. The molecule has 0 aliphatic heterocycles. The van der Waals surface area contributed by atoms with Gasteiger partial charge < -0.3 is 4.90 Å². The van der Waals surface area contributed by atoms with Gasteiger partial charge in [0.05, 0.1) is 18.6 Å². The molecule has 1 aromatic heterocycles. The molecule has 1 N–H and O–H groups in total. The van der Waals surface area contributed by atoms with E-state index in [9.17, 15) is 4.79 Å². The number of para-hydroxylation sites is 1. The summed E-state index contributed by atoms with van der Waals surface area (Å²) < 4.78 is 0. The summed E-state index contributed by atoms with van der Waals surface area (Å²) in [5.41, 5.74) is 2.30. The summed E-state index contributed by atoms with van der Waals surface area (Å²) in [6.07, 6.45) is 1.72. The highest BCUT2D eigenvalue weighted by Crippen LogP contribution is 2.16. The van der Waals surface area contributed by atoms with Gasteiger partial charge in [0.2, 0.25) is 0 Å². The first-order valence-corrected chi connectivity index (χ1v) is 6.41. The standard InChI is InChI=1S/C15H18N4O/c1-11(2)10-16-8-9-19(3)15(20)14-12-6-4-5-7-13(12)17-18-14/h4-8H,1,9-10H2,2-3H3,(H,17,18). The van der Waals surface area contributed by atoms with Crippen molar-refractivity contribution in [2.75, 3.05) is 20.1 Å². The van der Waals surface area contributed by atoms with E-state index in [0.29, 0.717) is 18.8 Å². The zero-order valence-corrected chi connectivity index (χ0v) is 11.8. The number of aromatic amines is 1. The molecule has 0 saturated carbocycles. The Bertz CT molecular complexity index is 657. The molecule has 0 radical (unpaired) electrons. The first-order chi connectivity index (χ1) is 9.59. The summed E-state index contributed by atoms with van der Waals surface area (Å²) >= 11 is 0. The first kappa shape index (κ1) is 14.0. The fourth-order valence-corrected chi connectivity index (χ4v) is 1.79. The number of carbonyl (C=O) groups is 1. The average molecular weight is 270 g/mol. The fraction of sp³-hybridized carbons (Fsp3) is 0.267. The van der Waals surface area contributed by atoms with Crippen LogP contribution in [-0.2, 0) is 0 Å². The lowest BCUT2D eigenvalue weighted by molar-refractivity contribution is 0.0812. The van der Waals surface area contributed by atoms with Gasteiger partial charge in [0.25, 0.3) is 5.91 Å². The Morgan fingerprint density at radius 1 is 1.50 bits per heavy atom. The number of hydrogen-bond donors (Lipinski definition) is 1. The number of nitrogens with zero attached hydrogens (tertiary/aromatic N) is 3. The summed E-state index contributed by atoms with van der Waals surface area (Å²) in [5, 5.41) is 7.80. The van der Waals surface area contributed by atoms with Crippen molar-refractivity contribution in [1.29, 1.82) is 0 Å². The number of nitrogens with one attached hydrogen (secondary N) is 1. The van der Waals surface area contributed by atoms with Crippen LogP contribution in [0.1, 0.15) is 17.4 Å². The van der Waals surface area contributed by atoms with Crippen molar-refractivity contribution in [3.05, 3.63) is 42.1 Å². The van der Waals surface area contributed by atoms with Crippen molar-refractivity contribution >= 4 is 23.0 Å². The monoisotopic (exact) mass is 270 g/mol. The maximum atomic E-state index is 12.3. The molecule has 1 amide bonds. The second-order valence-corrected chi connectivity index (χ2v) is 4.78. The van der Waals surface area contributed by atoms with E-state index in [0.717, 1.165) is 16.5 Å². The maximum Gasteiger partial charge on any atom is 0.275 e. The van der Waals surface area contributed by atoms with Crippen LogP contribution in [0.15, 0.2) is 41.4 Å². The second-order valence-electron chi connectivity index (χ2n) is 4.78. The smallest absolute Gasteiger partial charge is 0.275 e. The molecule has 0 saturated heterocycles. The van der Waals surface area contributed by atoms with Gasteiger partial charge in [-0.15, -0.1) is 0 Å². The van der Waals surface area contributed by atoms with Crippen LogP contribution in [0.3, 0.4) is 0 Å². The molecule has 0 bridgehead atoms. The molecule has 2 aromatic rings. The number of H-pyrrole nitrogens is 1. The van der Waals surface area contributed by atoms with Crippen LogP contribution in [0.25, 0.3) is 10.9 Å². The Balaban J connectivity index is 2.07. The number of hydrogen-bond acceptors (Lipinski definition) is 3. The molecule has 2 rings (SSSR count). The third-order valence-electron chi connectivity index (χ3n) is 2.87. The van der Waals surface area contributed by atoms with Crippen LogP contribution in [0.5, 0.6) is 0 Å². The van der Waals surface area contributed by atoms with Gasteiger partial charge in [0.1, 0.15) is 0 Å². The highest BCUT2D eigenvalue weighted by Gasteiger charge is 2.16. The minimum absolute atomic E-state index is 0.121. The van der Waals surface area contributed by atoms with Crippen LogP contribution in [-0.4, -0.2) is 47.4 Å². The zero-order chi connectivity index (χ0) is 14.5. The van der Waals surface area contributed by atoms with E-state index in [1.54, 1.807) is 18.2 Å². The number of carbonyl (C=O) groups excluding carboxylic acids is 1. The Kier molecular flexibility index (Phi) is 4.30. The topological polar surface area (TPSA) is 61.4 Å². The van der Waals surface area contributed by atoms with Gasteiger partial charge in [-0.05, 0) is 13.0 Å². The third kappa shape index (κ3) is 3.12. The van der Waals surface area contributed by atoms with Crippen molar-refractivity contribution in [2.24, 2.45) is 4.99 Å². The largest absolute Gasteiger partial charge is 0.335 e. The highest BCUT2D eigenvalue weighted by molar-refractivity contribution is 6.04. The number of aromatic nitrogens is 2. The van der Waals surface area contributed by atoms with E-state index in [4.69, 9.17) is 0 Å². The number of rotatable bonds is 5. The Labute approximate surface area is 118 Å². The average Bonchev–Trinajstić information content (AvgIpc) is 2.86. The SMILES string of the molecule is C=C(C)CN=CCN(C)C(=O)c1n[nH]c2ccccc12. The zero-order valence-electron chi connectivity index (χ0n) is 11.8. The van der Waals surface area contributed by atoms with Crippen LogP contribution in [0.2, 0.25) is 0 Å². The van der Waals surface area contributed by atoms with Crippen molar-refractivity contribution < 1.29 is 4.79 Å². The molecule has 0 spiro atoms. The van der Waals surface area contributed by atoms with Gasteiger partial charge in [0.15, 0.2) is 5.69 Å². The molecular weight excluding hydrogens is 252 g/mol. The minimum atomic E-state index is -0.121. The van der Waals surface area contributed by atoms with E-state index in [-0.39, 0.29) is 5.91 Å². The van der Waals surface area contributed by atoms with Gasteiger partial charge in [-0.3, -0.25) is 14.9 Å². The number of benzene rings is 1. The lowest BCUT2D eigenvalue weighted by Gasteiger charge is -2.12. The van der Waals surface area contributed by atoms with Crippen LogP contribution < -0.4 is 0 Å². The predicted molar refractivity (Wildman–Crippen MR) is 81.2 cm³/mol. The van der Waals surface area contributed by atoms with E-state index >= 15 is 0 Å². The van der Waals surface area contributed by atoms with Gasteiger partial charge in [-0.2, -0.15) is 5.10 Å². The normalized spacial score (nSPS) is 11.1. The molecule has 0 fully saturated rings. The molecule has 0 unspecified atom stereocenters. The Morgan fingerprint density at radius 2 is 2.25 bits per heavy atom. The molecule has 1 heterocycles. The number of fused-ring (bicyclic) bond motifs is 1. The van der Waals surface area contributed by atoms with E-state index in [1.165, 1.54) is 0 Å². The predicted octanol–water partition coefficient (Wildman–Crippen LogP) is 2.28. The molecular formula is C15H18N4O. The van der Waals surface area contributed by atoms with E-state index in [2.05, 4.69) is 21.8 Å². The molecule has 104 valence electrons. The summed E-state index contributed by atoms with van der Waals surface area (Å²) in [6.45, 7) is 6.73. The minimum Gasteiger partial charge on any atom is -0.335 e. The summed E-state index contributed by atoms with van der Waals surface area (Å²) in [4.78, 5) is 18.1. The molecule has 1 aromatic carbocycles. The van der Waals surface area contributed by atoms with E-state index < -0.39 is 0 Å². The van der Waals surface area contributed by atoms with Crippen molar-refractivity contribution in [3.63, 3.8) is 0 Å². The van der Waals surface area contributed by atoms with Gasteiger partial charge >= 0.3 is 0 Å². The highest BCUT2D eigenvalue weighted by atomic mass is 16.2. The van der Waals surface area contributed by atoms with Gasteiger partial charge in [-0.1, -0.05) is 30.4 Å². The van der Waals surface area contributed by atoms with Crippen molar-refractivity contribution in [3.8, 4) is 0 Å². The van der Waals surface area contributed by atoms with Crippen molar-refractivity contribution in [2.45, 2.75) is 6.92 Å². The van der Waals surface area contributed by atoms with Crippen LogP contribution in [0.4, 0.5) is 0 Å². The summed E-state index contributed by atoms with van der Waals surface area (Å²) in [6, 6.07) is 7.58. The molecule has 5 heteroatoms. The summed E-state index contributed by atoms with van der Waals surface area (Å²) in [5.74, 6) is -0.121. The quantitative estimate of drug-likeness (QED) is 0.669. The lowest BCUT2D eigenvalue weighted by atomic mass is 10.2. The fourth-order valence-electron chi connectivity index (χ4n) is 1.79. The molecule has 0 atom stereocenters. The summed E-state index contributed by atoms with van der Waals surface area (Å²) in [7, 11) is 1.73. The first-order valence-electron chi connectivity index (χ1n) is 6.41. The Hall–Kier alpha value is -2.43. The molecule has 20 heavy (non-hydrogen) atoms. The van der Waals surface area contributed by atoms with Crippen molar-refractivity contribution in [1.82, 2.24) is 15.1 Å². The molecule has 0 aliphatic rings. The second kappa shape index (κ2) is 6.14. The molecule has 5 nitrogen and oxygen atoms in total. The number of aliphatic imine (C=N–C) groups is 1. The lowest BCUT2D eigenvalue weighted by Crippen LogP contribution is -2.29. The van der Waals surface area contributed by atoms with Gasteiger partial charge in [0, 0.05) is 18.6 Å².